The molecule has 0 fully saturated rings. The lowest BCUT2D eigenvalue weighted by molar-refractivity contribution is -0.116. The molecule has 0 bridgehead atoms. The van der Waals surface area contributed by atoms with Crippen LogP contribution in [-0.4, -0.2) is 49.0 Å². The fraction of sp³-hybridized carbons (Fsp3) is 0.391. The molecule has 156 valence electrons. The predicted octanol–water partition coefficient (Wildman–Crippen LogP) is 3.55. The van der Waals surface area contributed by atoms with Gasteiger partial charge in [-0.15, -0.1) is 0 Å². The maximum Gasteiger partial charge on any atom is 0.251 e. The first-order chi connectivity index (χ1) is 14.0. The van der Waals surface area contributed by atoms with Crippen LogP contribution in [0.3, 0.4) is 0 Å². The maximum absolute atomic E-state index is 12.2. The van der Waals surface area contributed by atoms with Crippen LogP contribution >= 0.6 is 0 Å². The third-order valence-corrected chi connectivity index (χ3v) is 4.61. The van der Waals surface area contributed by atoms with Crippen LogP contribution in [0.2, 0.25) is 0 Å². The Balaban J connectivity index is 1.74. The van der Waals surface area contributed by atoms with Crippen LogP contribution in [0.4, 0.5) is 5.69 Å². The Kier molecular flexibility index (Phi) is 9.18. The molecular weight excluding hydrogens is 366 g/mol. The van der Waals surface area contributed by atoms with E-state index >= 15 is 0 Å². The number of ether oxygens (including phenoxy) is 1. The highest BCUT2D eigenvalue weighted by Gasteiger charge is 2.13. The summed E-state index contributed by atoms with van der Waals surface area (Å²) < 4.78 is 5.75. The number of hydrogen-bond acceptors (Lipinski definition) is 4. The van der Waals surface area contributed by atoms with Gasteiger partial charge in [-0.3, -0.25) is 9.59 Å². The van der Waals surface area contributed by atoms with Gasteiger partial charge in [0.15, 0.2) is 0 Å². The minimum atomic E-state index is -0.273. The zero-order valence-corrected chi connectivity index (χ0v) is 17.5. The number of anilines is 1. The molecule has 1 unspecified atom stereocenters. The highest BCUT2D eigenvalue weighted by atomic mass is 16.5. The van der Waals surface area contributed by atoms with Crippen molar-refractivity contribution in [1.29, 1.82) is 0 Å². The Labute approximate surface area is 173 Å². The minimum Gasteiger partial charge on any atom is -0.492 e. The van der Waals surface area contributed by atoms with Gasteiger partial charge >= 0.3 is 0 Å². The van der Waals surface area contributed by atoms with E-state index in [1.54, 1.807) is 12.1 Å². The second kappa shape index (κ2) is 11.9. The Morgan fingerprint density at radius 2 is 1.66 bits per heavy atom. The van der Waals surface area contributed by atoms with Gasteiger partial charge in [-0.2, -0.15) is 0 Å². The van der Waals surface area contributed by atoms with Crippen LogP contribution in [0.25, 0.3) is 0 Å². The molecule has 2 amide bonds. The molecule has 29 heavy (non-hydrogen) atoms. The van der Waals surface area contributed by atoms with Gasteiger partial charge in [0.2, 0.25) is 5.91 Å². The van der Waals surface area contributed by atoms with Crippen LogP contribution < -0.4 is 15.4 Å². The van der Waals surface area contributed by atoms with Gasteiger partial charge in [-0.05, 0) is 56.4 Å². The zero-order chi connectivity index (χ0) is 21.1. The molecule has 0 aliphatic rings. The van der Waals surface area contributed by atoms with E-state index in [1.807, 2.05) is 49.4 Å². The molecule has 0 saturated heterocycles. The number of hydrogen-bond donors (Lipinski definition) is 2. The Morgan fingerprint density at radius 3 is 2.28 bits per heavy atom. The summed E-state index contributed by atoms with van der Waals surface area (Å²) in [6.45, 7) is 9.62. The van der Waals surface area contributed by atoms with E-state index in [0.717, 1.165) is 25.4 Å². The van der Waals surface area contributed by atoms with Crippen LogP contribution in [0, 0.1) is 0 Å². The van der Waals surface area contributed by atoms with Crippen molar-refractivity contribution in [3.8, 4) is 5.75 Å². The Hall–Kier alpha value is -2.86. The van der Waals surface area contributed by atoms with E-state index in [9.17, 15) is 9.59 Å². The lowest BCUT2D eigenvalue weighted by Crippen LogP contribution is -2.35. The van der Waals surface area contributed by atoms with E-state index in [4.69, 9.17) is 4.74 Å². The molecule has 2 aromatic carbocycles. The molecule has 0 aliphatic carbocycles. The van der Waals surface area contributed by atoms with Crippen molar-refractivity contribution in [2.45, 2.75) is 33.2 Å². The van der Waals surface area contributed by atoms with Gasteiger partial charge in [0.05, 0.1) is 0 Å². The second-order valence-corrected chi connectivity index (χ2v) is 6.89. The van der Waals surface area contributed by atoms with E-state index in [2.05, 4.69) is 29.4 Å². The molecule has 0 saturated carbocycles. The maximum atomic E-state index is 12.2. The van der Waals surface area contributed by atoms with Gasteiger partial charge in [0, 0.05) is 30.3 Å². The molecule has 0 heterocycles. The first-order valence-electron chi connectivity index (χ1n) is 10.1. The largest absolute Gasteiger partial charge is 0.492 e. The van der Waals surface area contributed by atoms with Gasteiger partial charge < -0.3 is 20.3 Å². The molecule has 0 radical (unpaired) electrons. The summed E-state index contributed by atoms with van der Waals surface area (Å²) in [5.74, 6) is 0.442. The van der Waals surface area contributed by atoms with Crippen molar-refractivity contribution >= 4 is 17.5 Å². The summed E-state index contributed by atoms with van der Waals surface area (Å²) in [6, 6.07) is 16.0. The molecule has 2 rings (SSSR count). The summed E-state index contributed by atoms with van der Waals surface area (Å²) in [4.78, 5) is 26.7. The molecular formula is C23H31N3O3. The Bertz CT molecular complexity index is 759. The monoisotopic (exact) mass is 397 g/mol. The fourth-order valence-electron chi connectivity index (χ4n) is 2.90. The molecule has 6 heteroatoms. The number of benzene rings is 2. The lowest BCUT2D eigenvalue weighted by atomic mass is 10.1. The molecule has 0 aliphatic heterocycles. The van der Waals surface area contributed by atoms with E-state index in [0.29, 0.717) is 17.9 Å². The van der Waals surface area contributed by atoms with Gasteiger partial charge in [-0.1, -0.05) is 32.0 Å². The molecule has 2 aromatic rings. The number of rotatable bonds is 11. The van der Waals surface area contributed by atoms with Gasteiger partial charge in [-0.25, -0.2) is 0 Å². The van der Waals surface area contributed by atoms with Crippen molar-refractivity contribution in [3.63, 3.8) is 0 Å². The smallest absolute Gasteiger partial charge is 0.251 e. The summed E-state index contributed by atoms with van der Waals surface area (Å²) in [6.07, 6.45) is 0.195. The molecule has 6 nitrogen and oxygen atoms in total. The van der Waals surface area contributed by atoms with Crippen molar-refractivity contribution in [3.05, 3.63) is 60.2 Å². The minimum absolute atomic E-state index is 0.152. The standard InChI is InChI=1S/C23H31N3O3/c1-4-26(5-2)15-16-29-21-13-11-20(12-14-21)25-22(27)17-18(3)24-23(28)19-9-7-6-8-10-19/h6-14,18H,4-5,15-17H2,1-3H3,(H,24,28)(H,25,27). The number of carbonyl (C=O) groups is 2. The van der Waals surface area contributed by atoms with Crippen LogP contribution in [0.1, 0.15) is 37.6 Å². The number of likely N-dealkylation sites (N-methyl/N-ethyl adjacent to an activating group) is 1. The fourth-order valence-corrected chi connectivity index (χ4v) is 2.90. The summed E-state index contributed by atoms with van der Waals surface area (Å²) in [7, 11) is 0. The average molecular weight is 398 g/mol. The molecule has 0 aromatic heterocycles. The number of carbonyl (C=O) groups excluding carboxylic acids is 2. The van der Waals surface area contributed by atoms with Crippen molar-refractivity contribution in [2.75, 3.05) is 31.6 Å². The quantitative estimate of drug-likeness (QED) is 0.608. The van der Waals surface area contributed by atoms with Gasteiger partial charge in [0.25, 0.3) is 5.91 Å². The molecule has 1 atom stereocenters. The number of nitrogens with one attached hydrogen (secondary N) is 2. The first-order valence-corrected chi connectivity index (χ1v) is 10.1. The lowest BCUT2D eigenvalue weighted by Gasteiger charge is -2.18. The topological polar surface area (TPSA) is 70.7 Å². The van der Waals surface area contributed by atoms with Crippen molar-refractivity contribution in [2.24, 2.45) is 0 Å². The van der Waals surface area contributed by atoms with Crippen molar-refractivity contribution < 1.29 is 14.3 Å². The predicted molar refractivity (Wildman–Crippen MR) is 116 cm³/mol. The SMILES string of the molecule is CCN(CC)CCOc1ccc(NC(=O)CC(C)NC(=O)c2ccccc2)cc1. The third kappa shape index (κ3) is 7.95. The second-order valence-electron chi connectivity index (χ2n) is 6.89. The highest BCUT2D eigenvalue weighted by Crippen LogP contribution is 2.16. The normalized spacial score (nSPS) is 11.7. The van der Waals surface area contributed by atoms with Crippen LogP contribution in [0.15, 0.2) is 54.6 Å². The van der Waals surface area contributed by atoms with Crippen LogP contribution in [-0.2, 0) is 4.79 Å². The molecule has 2 N–H and O–H groups in total. The Morgan fingerprint density at radius 1 is 1.00 bits per heavy atom. The van der Waals surface area contributed by atoms with Gasteiger partial charge in [0.1, 0.15) is 12.4 Å². The van der Waals surface area contributed by atoms with Crippen LogP contribution in [0.5, 0.6) is 5.75 Å². The van der Waals surface area contributed by atoms with E-state index in [1.165, 1.54) is 0 Å². The number of nitrogens with zero attached hydrogens (tertiary/aromatic N) is 1. The van der Waals surface area contributed by atoms with Crippen molar-refractivity contribution in [1.82, 2.24) is 10.2 Å². The van der Waals surface area contributed by atoms with E-state index < -0.39 is 0 Å². The summed E-state index contributed by atoms with van der Waals surface area (Å²) >= 11 is 0. The average Bonchev–Trinajstić information content (AvgIpc) is 2.73. The summed E-state index contributed by atoms with van der Waals surface area (Å²) in [5.41, 5.74) is 1.28. The third-order valence-electron chi connectivity index (χ3n) is 4.61. The highest BCUT2D eigenvalue weighted by molar-refractivity contribution is 5.95. The number of amides is 2. The molecule has 0 spiro atoms. The zero-order valence-electron chi connectivity index (χ0n) is 17.5. The van der Waals surface area contributed by atoms with E-state index in [-0.39, 0.29) is 24.3 Å². The first kappa shape index (κ1) is 22.4. The summed E-state index contributed by atoms with van der Waals surface area (Å²) in [5, 5.41) is 5.69.